The molecule has 0 unspecified atom stereocenters. The quantitative estimate of drug-likeness (QED) is 0.586. The number of benzene rings is 2. The number of amides is 1. The van der Waals surface area contributed by atoms with Gasteiger partial charge < -0.3 is 5.32 Å². The molecule has 0 radical (unpaired) electrons. The average Bonchev–Trinajstić information content (AvgIpc) is 3.15. The molecule has 1 heterocycles. The van der Waals surface area contributed by atoms with E-state index >= 15 is 0 Å². The second-order valence-corrected chi connectivity index (χ2v) is 10.3. The van der Waals surface area contributed by atoms with E-state index in [-0.39, 0.29) is 15.5 Å². The molecule has 0 fully saturated rings. The van der Waals surface area contributed by atoms with Crippen molar-refractivity contribution in [1.82, 2.24) is 9.71 Å². The summed E-state index contributed by atoms with van der Waals surface area (Å²) in [4.78, 5) is 16.7. The van der Waals surface area contributed by atoms with Crippen LogP contribution in [0.5, 0.6) is 0 Å². The van der Waals surface area contributed by atoms with Crippen LogP contribution in [-0.2, 0) is 10.0 Å². The summed E-state index contributed by atoms with van der Waals surface area (Å²) in [6.45, 7) is 5.18. The van der Waals surface area contributed by atoms with Crippen LogP contribution in [0.25, 0.3) is 10.6 Å². The van der Waals surface area contributed by atoms with Crippen LogP contribution in [0.15, 0.2) is 58.9 Å². The second-order valence-electron chi connectivity index (χ2n) is 7.37. The van der Waals surface area contributed by atoms with Crippen LogP contribution in [0.2, 0.25) is 5.02 Å². The lowest BCUT2D eigenvalue weighted by Gasteiger charge is -2.21. The van der Waals surface area contributed by atoms with Gasteiger partial charge in [0.25, 0.3) is 5.91 Å². The molecular weight excluding hydrogens is 430 g/mol. The lowest BCUT2D eigenvalue weighted by Crippen LogP contribution is -2.40. The molecule has 0 atom stereocenters. The summed E-state index contributed by atoms with van der Waals surface area (Å²) in [7, 11) is -3.88. The Balaban J connectivity index is 1.81. The molecule has 152 valence electrons. The fourth-order valence-electron chi connectivity index (χ4n) is 2.57. The highest BCUT2D eigenvalue weighted by atomic mass is 35.5. The number of anilines is 1. The van der Waals surface area contributed by atoms with Crippen molar-refractivity contribution in [2.75, 3.05) is 5.32 Å². The first-order chi connectivity index (χ1) is 13.5. The number of thiazole rings is 1. The molecule has 2 N–H and O–H groups in total. The van der Waals surface area contributed by atoms with Gasteiger partial charge in [0.1, 0.15) is 9.90 Å². The Bertz CT molecular complexity index is 1120. The highest BCUT2D eigenvalue weighted by Crippen LogP contribution is 2.26. The van der Waals surface area contributed by atoms with Gasteiger partial charge in [-0.2, -0.15) is 0 Å². The van der Waals surface area contributed by atoms with Gasteiger partial charge >= 0.3 is 0 Å². The van der Waals surface area contributed by atoms with Crippen LogP contribution in [0, 0.1) is 0 Å². The van der Waals surface area contributed by atoms with Crippen molar-refractivity contribution in [2.45, 2.75) is 31.2 Å². The number of nitrogens with one attached hydrogen (secondary N) is 2. The Labute approximate surface area is 179 Å². The summed E-state index contributed by atoms with van der Waals surface area (Å²) < 4.78 is 27.8. The van der Waals surface area contributed by atoms with Crippen LogP contribution in [0.1, 0.15) is 31.1 Å². The van der Waals surface area contributed by atoms with E-state index < -0.39 is 21.5 Å². The molecule has 2 aromatic carbocycles. The van der Waals surface area contributed by atoms with Gasteiger partial charge in [-0.3, -0.25) is 4.79 Å². The predicted molar refractivity (Wildman–Crippen MR) is 117 cm³/mol. The van der Waals surface area contributed by atoms with Crippen LogP contribution in [0.4, 0.5) is 5.69 Å². The smallest absolute Gasteiger partial charge is 0.255 e. The molecule has 0 spiro atoms. The molecule has 0 aliphatic heterocycles. The van der Waals surface area contributed by atoms with Gasteiger partial charge in [-0.25, -0.2) is 18.1 Å². The first-order valence-corrected chi connectivity index (χ1v) is 11.4. The van der Waals surface area contributed by atoms with E-state index in [0.29, 0.717) is 5.69 Å². The third-order valence-electron chi connectivity index (χ3n) is 3.75. The molecule has 0 aliphatic rings. The van der Waals surface area contributed by atoms with Crippen LogP contribution in [-0.4, -0.2) is 24.8 Å². The highest BCUT2D eigenvalue weighted by Gasteiger charge is 2.25. The second kappa shape index (κ2) is 8.23. The third-order valence-corrected chi connectivity index (χ3v) is 6.81. The lowest BCUT2D eigenvalue weighted by molar-refractivity contribution is 0.102. The minimum atomic E-state index is -3.88. The van der Waals surface area contributed by atoms with Crippen molar-refractivity contribution < 1.29 is 13.2 Å². The van der Waals surface area contributed by atoms with Crippen molar-refractivity contribution in [1.29, 1.82) is 0 Å². The molecule has 29 heavy (non-hydrogen) atoms. The van der Waals surface area contributed by atoms with Crippen LogP contribution >= 0.6 is 22.9 Å². The number of hydrogen-bond acceptors (Lipinski definition) is 5. The van der Waals surface area contributed by atoms with E-state index in [4.69, 9.17) is 11.6 Å². The van der Waals surface area contributed by atoms with Gasteiger partial charge in [-0.1, -0.05) is 11.6 Å². The summed E-state index contributed by atoms with van der Waals surface area (Å²) >= 11 is 7.61. The maximum absolute atomic E-state index is 12.6. The van der Waals surface area contributed by atoms with E-state index in [1.54, 1.807) is 39.1 Å². The van der Waals surface area contributed by atoms with Crippen molar-refractivity contribution in [3.05, 3.63) is 64.6 Å². The third kappa shape index (κ3) is 5.42. The zero-order valence-electron chi connectivity index (χ0n) is 16.1. The number of aromatic nitrogens is 1. The van der Waals surface area contributed by atoms with Crippen LogP contribution in [0.3, 0.4) is 0 Å². The number of sulfonamides is 1. The van der Waals surface area contributed by atoms with E-state index in [1.807, 2.05) is 17.5 Å². The van der Waals surface area contributed by atoms with Gasteiger partial charge in [0.15, 0.2) is 0 Å². The van der Waals surface area contributed by atoms with E-state index in [1.165, 1.54) is 29.5 Å². The average molecular weight is 450 g/mol. The molecule has 0 saturated carbocycles. The first-order valence-electron chi connectivity index (χ1n) is 8.70. The number of carbonyl (C=O) groups is 1. The van der Waals surface area contributed by atoms with Gasteiger partial charge in [0.2, 0.25) is 10.0 Å². The normalized spacial score (nSPS) is 12.0. The minimum Gasteiger partial charge on any atom is -0.322 e. The fraction of sp³-hybridized carbons (Fsp3) is 0.200. The van der Waals surface area contributed by atoms with Crippen molar-refractivity contribution in [2.24, 2.45) is 0 Å². The number of rotatable bonds is 5. The molecule has 6 nitrogen and oxygen atoms in total. The Morgan fingerprint density at radius 1 is 1.10 bits per heavy atom. The SMILES string of the molecule is CC(C)(C)NS(=O)(=O)c1cc(C(=O)Nc2ccc(-c3nccs3)cc2)ccc1Cl. The molecule has 1 amide bonds. The molecule has 0 saturated heterocycles. The first kappa shape index (κ1) is 21.4. The molecule has 3 rings (SSSR count). The summed E-state index contributed by atoms with van der Waals surface area (Å²) in [5.74, 6) is -0.434. The maximum Gasteiger partial charge on any atom is 0.255 e. The zero-order chi connectivity index (χ0) is 21.2. The highest BCUT2D eigenvalue weighted by molar-refractivity contribution is 7.89. The minimum absolute atomic E-state index is 0.0473. The summed E-state index contributed by atoms with van der Waals surface area (Å²) in [5, 5.41) is 5.60. The standard InChI is InChI=1S/C20H20ClN3O3S2/c1-20(2,3)24-29(26,27)17-12-14(6-9-16(17)21)18(25)23-15-7-4-13(5-8-15)19-22-10-11-28-19/h4-12,24H,1-3H3,(H,23,25). The lowest BCUT2D eigenvalue weighted by atomic mass is 10.1. The maximum atomic E-state index is 12.6. The largest absolute Gasteiger partial charge is 0.322 e. The van der Waals surface area contributed by atoms with Gasteiger partial charge in [0, 0.05) is 33.9 Å². The summed E-state index contributed by atoms with van der Waals surface area (Å²) in [6, 6.07) is 11.4. The Kier molecular flexibility index (Phi) is 6.09. The topological polar surface area (TPSA) is 88.2 Å². The van der Waals surface area contributed by atoms with Gasteiger partial charge in [-0.15, -0.1) is 11.3 Å². The number of halogens is 1. The number of nitrogens with zero attached hydrogens (tertiary/aromatic N) is 1. The Morgan fingerprint density at radius 3 is 2.38 bits per heavy atom. The molecule has 0 bridgehead atoms. The molecular formula is C20H20ClN3O3S2. The molecule has 3 aromatic rings. The Morgan fingerprint density at radius 2 is 1.79 bits per heavy atom. The fourth-order valence-corrected chi connectivity index (χ4v) is 5.16. The monoisotopic (exact) mass is 449 g/mol. The van der Waals surface area contributed by atoms with E-state index in [9.17, 15) is 13.2 Å². The number of hydrogen-bond donors (Lipinski definition) is 2. The molecule has 1 aromatic heterocycles. The number of carbonyl (C=O) groups excluding carboxylic acids is 1. The molecule has 9 heteroatoms. The predicted octanol–water partition coefficient (Wildman–Crippen LogP) is 4.79. The van der Waals surface area contributed by atoms with E-state index in [0.717, 1.165) is 10.6 Å². The van der Waals surface area contributed by atoms with Gasteiger partial charge in [-0.05, 0) is 63.2 Å². The summed E-state index contributed by atoms with van der Waals surface area (Å²) in [5.41, 5.74) is 1.04. The van der Waals surface area contributed by atoms with Crippen molar-refractivity contribution in [3.8, 4) is 10.6 Å². The summed E-state index contributed by atoms with van der Waals surface area (Å²) in [6.07, 6.45) is 1.73. The van der Waals surface area contributed by atoms with E-state index in [2.05, 4.69) is 15.0 Å². The zero-order valence-corrected chi connectivity index (χ0v) is 18.5. The molecule has 0 aliphatic carbocycles. The van der Waals surface area contributed by atoms with Crippen LogP contribution < -0.4 is 10.0 Å². The van der Waals surface area contributed by atoms with Gasteiger partial charge in [0.05, 0.1) is 5.02 Å². The van der Waals surface area contributed by atoms with Crippen molar-refractivity contribution >= 4 is 44.6 Å². The van der Waals surface area contributed by atoms with Crippen molar-refractivity contribution in [3.63, 3.8) is 0 Å². The Hall–Kier alpha value is -2.26.